The number of H-pyrrole nitrogens is 1. The number of aromatic amines is 1. The standard InChI is InChI=1S/C14H21N3O2/c1-4-17(5-2)9-12(18)10-8-16-11-6-7-15-14(19-3)13(10)11/h6-8,12,16,18H,4-5,9H2,1-3H3. The first-order valence-corrected chi connectivity index (χ1v) is 6.61. The van der Waals surface area contributed by atoms with Gasteiger partial charge in [0, 0.05) is 24.5 Å². The van der Waals surface area contributed by atoms with Crippen LogP contribution >= 0.6 is 0 Å². The molecule has 0 bridgehead atoms. The van der Waals surface area contributed by atoms with Crippen LogP contribution in [-0.2, 0) is 0 Å². The van der Waals surface area contributed by atoms with Crippen LogP contribution in [-0.4, -0.2) is 46.7 Å². The summed E-state index contributed by atoms with van der Waals surface area (Å²) in [5.41, 5.74) is 1.77. The minimum absolute atomic E-state index is 0.548. The highest BCUT2D eigenvalue weighted by Gasteiger charge is 2.18. The van der Waals surface area contributed by atoms with Gasteiger partial charge in [0.1, 0.15) is 0 Å². The Morgan fingerprint density at radius 1 is 1.42 bits per heavy atom. The van der Waals surface area contributed by atoms with Crippen LogP contribution in [0.5, 0.6) is 5.88 Å². The molecule has 0 amide bonds. The molecular weight excluding hydrogens is 242 g/mol. The zero-order chi connectivity index (χ0) is 13.8. The number of pyridine rings is 1. The molecule has 2 N–H and O–H groups in total. The van der Waals surface area contributed by atoms with E-state index in [1.807, 2.05) is 12.3 Å². The molecule has 0 fully saturated rings. The van der Waals surface area contributed by atoms with Crippen LogP contribution in [0, 0.1) is 0 Å². The molecule has 1 unspecified atom stereocenters. The molecule has 5 nitrogen and oxygen atoms in total. The van der Waals surface area contributed by atoms with E-state index < -0.39 is 6.10 Å². The summed E-state index contributed by atoms with van der Waals surface area (Å²) in [4.78, 5) is 9.53. The smallest absolute Gasteiger partial charge is 0.222 e. The average molecular weight is 263 g/mol. The predicted molar refractivity (Wildman–Crippen MR) is 75.4 cm³/mol. The number of likely N-dealkylation sites (N-methyl/N-ethyl adjacent to an activating group) is 1. The highest BCUT2D eigenvalue weighted by molar-refractivity contribution is 5.88. The quantitative estimate of drug-likeness (QED) is 0.836. The number of aliphatic hydroxyl groups excluding tert-OH is 1. The normalized spacial score (nSPS) is 13.1. The molecule has 2 rings (SSSR count). The van der Waals surface area contributed by atoms with Crippen LogP contribution in [0.1, 0.15) is 25.5 Å². The van der Waals surface area contributed by atoms with E-state index in [4.69, 9.17) is 4.74 Å². The number of hydrogen-bond acceptors (Lipinski definition) is 4. The van der Waals surface area contributed by atoms with E-state index in [-0.39, 0.29) is 0 Å². The molecule has 0 spiro atoms. The lowest BCUT2D eigenvalue weighted by Gasteiger charge is -2.21. The second-order valence-corrected chi connectivity index (χ2v) is 4.49. The highest BCUT2D eigenvalue weighted by Crippen LogP contribution is 2.30. The van der Waals surface area contributed by atoms with Crippen molar-refractivity contribution in [2.24, 2.45) is 0 Å². The van der Waals surface area contributed by atoms with Crippen molar-refractivity contribution in [3.63, 3.8) is 0 Å². The third kappa shape index (κ3) is 2.72. The Morgan fingerprint density at radius 2 is 2.16 bits per heavy atom. The number of aliphatic hydroxyl groups is 1. The minimum atomic E-state index is -0.549. The molecule has 5 heteroatoms. The summed E-state index contributed by atoms with van der Waals surface area (Å²) >= 11 is 0. The van der Waals surface area contributed by atoms with Crippen molar-refractivity contribution in [1.82, 2.24) is 14.9 Å². The molecule has 2 aromatic heterocycles. The van der Waals surface area contributed by atoms with E-state index in [0.29, 0.717) is 12.4 Å². The second kappa shape index (κ2) is 6.04. The van der Waals surface area contributed by atoms with Gasteiger partial charge in [-0.15, -0.1) is 0 Å². The number of nitrogens with zero attached hydrogens (tertiary/aromatic N) is 2. The van der Waals surface area contributed by atoms with Gasteiger partial charge >= 0.3 is 0 Å². The Morgan fingerprint density at radius 3 is 2.79 bits per heavy atom. The highest BCUT2D eigenvalue weighted by atomic mass is 16.5. The lowest BCUT2D eigenvalue weighted by atomic mass is 10.1. The minimum Gasteiger partial charge on any atom is -0.480 e. The summed E-state index contributed by atoms with van der Waals surface area (Å²) < 4.78 is 5.28. The molecule has 104 valence electrons. The van der Waals surface area contributed by atoms with E-state index in [9.17, 15) is 5.11 Å². The van der Waals surface area contributed by atoms with E-state index in [1.165, 1.54) is 0 Å². The van der Waals surface area contributed by atoms with Gasteiger partial charge in [-0.05, 0) is 19.2 Å². The zero-order valence-corrected chi connectivity index (χ0v) is 11.7. The molecular formula is C14H21N3O2. The zero-order valence-electron chi connectivity index (χ0n) is 11.7. The van der Waals surface area contributed by atoms with Gasteiger partial charge in [-0.1, -0.05) is 13.8 Å². The number of methoxy groups -OCH3 is 1. The summed E-state index contributed by atoms with van der Waals surface area (Å²) in [6.07, 6.45) is 2.98. The first-order valence-electron chi connectivity index (χ1n) is 6.61. The SMILES string of the molecule is CCN(CC)CC(O)c1c[nH]c2ccnc(OC)c12. The first kappa shape index (κ1) is 13.8. The number of aromatic nitrogens is 2. The van der Waals surface area contributed by atoms with Crippen molar-refractivity contribution in [3.8, 4) is 5.88 Å². The van der Waals surface area contributed by atoms with Crippen molar-refractivity contribution < 1.29 is 9.84 Å². The van der Waals surface area contributed by atoms with Gasteiger partial charge in [0.25, 0.3) is 0 Å². The monoisotopic (exact) mass is 263 g/mol. The van der Waals surface area contributed by atoms with Crippen LogP contribution in [0.2, 0.25) is 0 Å². The third-order valence-corrected chi connectivity index (χ3v) is 3.47. The van der Waals surface area contributed by atoms with Crippen LogP contribution in [0.25, 0.3) is 10.9 Å². The molecule has 19 heavy (non-hydrogen) atoms. The largest absolute Gasteiger partial charge is 0.480 e. The first-order chi connectivity index (χ1) is 9.21. The van der Waals surface area contributed by atoms with Gasteiger partial charge in [-0.2, -0.15) is 0 Å². The molecule has 0 aromatic carbocycles. The Kier molecular flexibility index (Phi) is 4.39. The predicted octanol–water partition coefficient (Wildman–Crippen LogP) is 1.95. The fraction of sp³-hybridized carbons (Fsp3) is 0.500. The van der Waals surface area contributed by atoms with Gasteiger partial charge in [-0.25, -0.2) is 4.98 Å². The molecule has 2 heterocycles. The maximum atomic E-state index is 10.4. The number of rotatable bonds is 6. The average Bonchev–Trinajstić information content (AvgIpc) is 2.88. The Labute approximate surface area is 113 Å². The van der Waals surface area contributed by atoms with Crippen molar-refractivity contribution >= 4 is 10.9 Å². The Bertz CT molecular complexity index is 534. The van der Waals surface area contributed by atoms with E-state index in [1.54, 1.807) is 13.3 Å². The summed E-state index contributed by atoms with van der Waals surface area (Å²) in [6, 6.07) is 1.88. The molecule has 0 radical (unpaired) electrons. The Hall–Kier alpha value is -1.59. The topological polar surface area (TPSA) is 61.4 Å². The summed E-state index contributed by atoms with van der Waals surface area (Å²) in [5, 5.41) is 11.3. The number of ether oxygens (including phenoxy) is 1. The van der Waals surface area contributed by atoms with Gasteiger partial charge in [-0.3, -0.25) is 0 Å². The number of fused-ring (bicyclic) bond motifs is 1. The van der Waals surface area contributed by atoms with Crippen LogP contribution in [0.15, 0.2) is 18.5 Å². The molecule has 0 saturated heterocycles. The van der Waals surface area contributed by atoms with Gasteiger partial charge in [0.2, 0.25) is 5.88 Å². The molecule has 2 aromatic rings. The molecule has 0 aliphatic heterocycles. The van der Waals surface area contributed by atoms with Crippen molar-refractivity contribution in [2.45, 2.75) is 20.0 Å². The van der Waals surface area contributed by atoms with Crippen molar-refractivity contribution in [1.29, 1.82) is 0 Å². The molecule has 0 aliphatic rings. The van der Waals surface area contributed by atoms with Crippen molar-refractivity contribution in [3.05, 3.63) is 24.0 Å². The lowest BCUT2D eigenvalue weighted by molar-refractivity contribution is 0.120. The summed E-state index contributed by atoms with van der Waals surface area (Å²) in [6.45, 7) is 6.63. The summed E-state index contributed by atoms with van der Waals surface area (Å²) in [5.74, 6) is 0.548. The Balaban J connectivity index is 2.34. The second-order valence-electron chi connectivity index (χ2n) is 4.49. The van der Waals surface area contributed by atoms with Crippen LogP contribution in [0.3, 0.4) is 0 Å². The van der Waals surface area contributed by atoms with Crippen LogP contribution < -0.4 is 4.74 Å². The van der Waals surface area contributed by atoms with Crippen molar-refractivity contribution in [2.75, 3.05) is 26.7 Å². The van der Waals surface area contributed by atoms with Gasteiger partial charge < -0.3 is 19.7 Å². The molecule has 1 atom stereocenters. The van der Waals surface area contributed by atoms with E-state index >= 15 is 0 Å². The maximum absolute atomic E-state index is 10.4. The number of nitrogens with one attached hydrogen (secondary N) is 1. The maximum Gasteiger partial charge on any atom is 0.222 e. The summed E-state index contributed by atoms with van der Waals surface area (Å²) in [7, 11) is 1.59. The fourth-order valence-electron chi connectivity index (χ4n) is 2.31. The van der Waals surface area contributed by atoms with E-state index in [2.05, 4.69) is 28.7 Å². The molecule has 0 aliphatic carbocycles. The van der Waals surface area contributed by atoms with Gasteiger partial charge in [0.05, 0.1) is 24.1 Å². The third-order valence-electron chi connectivity index (χ3n) is 3.47. The number of hydrogen-bond donors (Lipinski definition) is 2. The van der Waals surface area contributed by atoms with Gasteiger partial charge in [0.15, 0.2) is 0 Å². The van der Waals surface area contributed by atoms with Crippen LogP contribution in [0.4, 0.5) is 0 Å². The fourth-order valence-corrected chi connectivity index (χ4v) is 2.31. The van der Waals surface area contributed by atoms with E-state index in [0.717, 1.165) is 29.6 Å². The molecule has 0 saturated carbocycles. The lowest BCUT2D eigenvalue weighted by Crippen LogP contribution is -2.28.